The zero-order valence-corrected chi connectivity index (χ0v) is 13.9. The van der Waals surface area contributed by atoms with Gasteiger partial charge in [0.05, 0.1) is 10.4 Å². The highest BCUT2D eigenvalue weighted by Gasteiger charge is 2.13. The van der Waals surface area contributed by atoms with Gasteiger partial charge < -0.3 is 15.1 Å². The van der Waals surface area contributed by atoms with Crippen molar-refractivity contribution in [3.8, 4) is 0 Å². The number of hydrogen-bond donors (Lipinski definition) is 1. The normalized spacial score (nSPS) is 17.7. The zero-order valence-electron chi connectivity index (χ0n) is 13.1. The zero-order chi connectivity index (χ0) is 14.8. The maximum atomic E-state index is 4.61. The number of aryl methyl sites for hydroxylation is 2. The second-order valence-electron chi connectivity index (χ2n) is 5.81. The van der Waals surface area contributed by atoms with Crippen molar-refractivity contribution in [3.05, 3.63) is 5.69 Å². The lowest BCUT2D eigenvalue weighted by atomic mass is 10.3. The molecule has 1 aliphatic heterocycles. The molecule has 0 saturated carbocycles. The third kappa shape index (κ3) is 3.36. The van der Waals surface area contributed by atoms with Crippen LogP contribution in [0.2, 0.25) is 0 Å². The summed E-state index contributed by atoms with van der Waals surface area (Å²) in [6.07, 6.45) is 1.16. The Morgan fingerprint density at radius 1 is 1.19 bits per heavy atom. The Kier molecular flexibility index (Phi) is 4.42. The van der Waals surface area contributed by atoms with Crippen molar-refractivity contribution in [2.24, 2.45) is 7.05 Å². The van der Waals surface area contributed by atoms with Crippen molar-refractivity contribution >= 4 is 26.8 Å². The van der Waals surface area contributed by atoms with E-state index in [1.54, 1.807) is 11.3 Å². The molecule has 1 fully saturated rings. The number of fused-ring (bicyclic) bond motifs is 1. The molecule has 21 heavy (non-hydrogen) atoms. The van der Waals surface area contributed by atoms with Gasteiger partial charge in [-0.25, -0.2) is 9.67 Å². The monoisotopic (exact) mass is 308 g/mol. The average Bonchev–Trinajstić information content (AvgIpc) is 2.99. The van der Waals surface area contributed by atoms with Crippen molar-refractivity contribution in [1.29, 1.82) is 0 Å². The first-order valence-corrected chi connectivity index (χ1v) is 8.40. The molecule has 3 rings (SSSR count). The number of aromatic nitrogens is 3. The molecule has 116 valence electrons. The maximum Gasteiger partial charge on any atom is 0.185 e. The molecule has 0 bridgehead atoms. The predicted molar refractivity (Wildman–Crippen MR) is 88.2 cm³/mol. The second kappa shape index (κ2) is 6.29. The van der Waals surface area contributed by atoms with Gasteiger partial charge in [0.15, 0.2) is 10.8 Å². The van der Waals surface area contributed by atoms with Crippen molar-refractivity contribution in [2.45, 2.75) is 13.3 Å². The van der Waals surface area contributed by atoms with Gasteiger partial charge in [0.2, 0.25) is 0 Å². The lowest BCUT2D eigenvalue weighted by Crippen LogP contribution is -2.44. The first-order valence-electron chi connectivity index (χ1n) is 7.58. The molecule has 6 nitrogen and oxygen atoms in total. The quantitative estimate of drug-likeness (QED) is 0.846. The fourth-order valence-corrected chi connectivity index (χ4v) is 3.69. The van der Waals surface area contributed by atoms with Crippen molar-refractivity contribution in [2.75, 3.05) is 51.6 Å². The highest BCUT2D eigenvalue weighted by atomic mass is 32.1. The molecule has 0 unspecified atom stereocenters. The van der Waals surface area contributed by atoms with E-state index in [-0.39, 0.29) is 0 Å². The van der Waals surface area contributed by atoms with Crippen LogP contribution in [0.1, 0.15) is 12.1 Å². The smallest absolute Gasteiger partial charge is 0.185 e. The maximum absolute atomic E-state index is 4.61. The van der Waals surface area contributed by atoms with Gasteiger partial charge in [0.25, 0.3) is 0 Å². The number of thiazole rings is 1. The highest BCUT2D eigenvalue weighted by Crippen LogP contribution is 2.27. The number of rotatable bonds is 5. The third-order valence-electron chi connectivity index (χ3n) is 4.07. The van der Waals surface area contributed by atoms with E-state index in [0.29, 0.717) is 0 Å². The van der Waals surface area contributed by atoms with Crippen LogP contribution in [0, 0.1) is 6.92 Å². The minimum atomic E-state index is 0.985. The van der Waals surface area contributed by atoms with E-state index in [2.05, 4.69) is 32.2 Å². The standard InChI is InChI=1S/C14H24N6S/c1-11-12-13(19(3)17-11)16-14(21-12)15-5-4-6-20-9-7-18(2)8-10-20/h4-10H2,1-3H3,(H,15,16). The lowest BCUT2D eigenvalue weighted by molar-refractivity contribution is 0.154. The summed E-state index contributed by atoms with van der Waals surface area (Å²) >= 11 is 1.71. The first-order chi connectivity index (χ1) is 10.1. The summed E-state index contributed by atoms with van der Waals surface area (Å²) in [5.41, 5.74) is 2.05. The van der Waals surface area contributed by atoms with Crippen LogP contribution in [0.25, 0.3) is 10.3 Å². The van der Waals surface area contributed by atoms with Gasteiger partial charge in [-0.2, -0.15) is 5.10 Å². The molecule has 2 aromatic rings. The topological polar surface area (TPSA) is 49.2 Å². The number of piperazine rings is 1. The van der Waals surface area contributed by atoms with E-state index < -0.39 is 0 Å². The summed E-state index contributed by atoms with van der Waals surface area (Å²) in [6, 6.07) is 0. The van der Waals surface area contributed by atoms with Gasteiger partial charge in [-0.05, 0) is 26.9 Å². The fourth-order valence-electron chi connectivity index (χ4n) is 2.73. The summed E-state index contributed by atoms with van der Waals surface area (Å²) < 4.78 is 3.05. The number of anilines is 1. The van der Waals surface area contributed by atoms with E-state index in [9.17, 15) is 0 Å². The van der Waals surface area contributed by atoms with Gasteiger partial charge in [-0.3, -0.25) is 0 Å². The van der Waals surface area contributed by atoms with Crippen LogP contribution in [-0.2, 0) is 7.05 Å². The molecule has 0 spiro atoms. The van der Waals surface area contributed by atoms with Crippen molar-refractivity contribution < 1.29 is 0 Å². The molecule has 0 radical (unpaired) electrons. The van der Waals surface area contributed by atoms with Crippen LogP contribution < -0.4 is 5.32 Å². The summed E-state index contributed by atoms with van der Waals surface area (Å²) in [5, 5.41) is 8.85. The Morgan fingerprint density at radius 2 is 1.95 bits per heavy atom. The van der Waals surface area contributed by atoms with E-state index in [4.69, 9.17) is 0 Å². The summed E-state index contributed by atoms with van der Waals surface area (Å²) in [6.45, 7) is 8.97. The Balaban J connectivity index is 1.45. The van der Waals surface area contributed by atoms with E-state index in [1.807, 2.05) is 18.7 Å². The fraction of sp³-hybridized carbons (Fsp3) is 0.714. The molecule has 0 atom stereocenters. The molecule has 1 N–H and O–H groups in total. The molecular formula is C14H24N6S. The molecule has 1 saturated heterocycles. The molecule has 2 aromatic heterocycles. The van der Waals surface area contributed by atoms with Gasteiger partial charge in [-0.1, -0.05) is 11.3 Å². The molecule has 7 heteroatoms. The van der Waals surface area contributed by atoms with Gasteiger partial charge in [-0.15, -0.1) is 0 Å². The Labute approximate surface area is 129 Å². The highest BCUT2D eigenvalue weighted by molar-refractivity contribution is 7.22. The average molecular weight is 308 g/mol. The number of nitrogens with zero attached hydrogens (tertiary/aromatic N) is 5. The molecule has 0 amide bonds. The Hall–Kier alpha value is -1.18. The van der Waals surface area contributed by atoms with E-state index in [1.165, 1.54) is 37.4 Å². The van der Waals surface area contributed by atoms with Crippen molar-refractivity contribution in [3.63, 3.8) is 0 Å². The van der Waals surface area contributed by atoms with Crippen LogP contribution in [0.15, 0.2) is 0 Å². The summed E-state index contributed by atoms with van der Waals surface area (Å²) in [4.78, 5) is 9.56. The molecule has 1 aliphatic rings. The minimum Gasteiger partial charge on any atom is -0.361 e. The first kappa shape index (κ1) is 14.7. The number of hydrogen-bond acceptors (Lipinski definition) is 6. The minimum absolute atomic E-state index is 0.985. The van der Waals surface area contributed by atoms with E-state index in [0.717, 1.165) is 29.4 Å². The SMILES string of the molecule is Cc1nn(C)c2nc(NCCCN3CCN(C)CC3)sc12. The van der Waals surface area contributed by atoms with Crippen LogP contribution >= 0.6 is 11.3 Å². The number of likely N-dealkylation sites (N-methyl/N-ethyl adjacent to an activating group) is 1. The third-order valence-corrected chi connectivity index (χ3v) is 5.18. The van der Waals surface area contributed by atoms with Gasteiger partial charge >= 0.3 is 0 Å². The molecule has 0 aromatic carbocycles. The van der Waals surface area contributed by atoms with Crippen LogP contribution in [0.3, 0.4) is 0 Å². The lowest BCUT2D eigenvalue weighted by Gasteiger charge is -2.32. The second-order valence-corrected chi connectivity index (χ2v) is 6.81. The van der Waals surface area contributed by atoms with Crippen LogP contribution in [0.4, 0.5) is 5.13 Å². The van der Waals surface area contributed by atoms with E-state index >= 15 is 0 Å². The predicted octanol–water partition coefficient (Wildman–Crippen LogP) is 1.39. The summed E-state index contributed by atoms with van der Waals surface area (Å²) in [7, 11) is 4.15. The van der Waals surface area contributed by atoms with Crippen LogP contribution in [-0.4, -0.2) is 70.9 Å². The Morgan fingerprint density at radius 3 is 2.67 bits per heavy atom. The summed E-state index contributed by atoms with van der Waals surface area (Å²) in [5.74, 6) is 0. The molecule has 0 aliphatic carbocycles. The molecule has 3 heterocycles. The molecular weight excluding hydrogens is 284 g/mol. The van der Waals surface area contributed by atoms with Gasteiger partial charge in [0.1, 0.15) is 0 Å². The Bertz CT molecular complexity index is 561. The van der Waals surface area contributed by atoms with Crippen LogP contribution in [0.5, 0.6) is 0 Å². The largest absolute Gasteiger partial charge is 0.361 e. The van der Waals surface area contributed by atoms with Crippen molar-refractivity contribution in [1.82, 2.24) is 24.6 Å². The van der Waals surface area contributed by atoms with Gasteiger partial charge in [0, 0.05) is 39.8 Å². The number of nitrogens with one attached hydrogen (secondary N) is 1.